The van der Waals surface area contributed by atoms with Crippen LogP contribution in [0.5, 0.6) is 0 Å². The minimum atomic E-state index is -2.45. The van der Waals surface area contributed by atoms with Gasteiger partial charge < -0.3 is 5.73 Å². The molecule has 0 unspecified atom stereocenters. The van der Waals surface area contributed by atoms with Crippen LogP contribution in [0.4, 0.5) is 8.78 Å². The van der Waals surface area contributed by atoms with E-state index < -0.39 is 6.43 Å². The van der Waals surface area contributed by atoms with Crippen LogP contribution >= 0.6 is 11.3 Å². The summed E-state index contributed by atoms with van der Waals surface area (Å²) in [6.07, 6.45) is -2.45. The summed E-state index contributed by atoms with van der Waals surface area (Å²) in [5, 5.41) is 2.56. The predicted molar refractivity (Wildman–Crippen MR) is 60.4 cm³/mol. The van der Waals surface area contributed by atoms with Gasteiger partial charge in [0.2, 0.25) is 0 Å². The second kappa shape index (κ2) is 4.67. The van der Waals surface area contributed by atoms with Gasteiger partial charge in [-0.2, -0.15) is 0 Å². The van der Waals surface area contributed by atoms with Gasteiger partial charge in [-0.3, -0.25) is 0 Å². The van der Waals surface area contributed by atoms with Gasteiger partial charge in [-0.25, -0.2) is 13.8 Å². The molecule has 1 heterocycles. The summed E-state index contributed by atoms with van der Waals surface area (Å²) in [4.78, 5) is 4.25. The molecule has 2 rings (SSSR count). The first-order valence-corrected chi connectivity index (χ1v) is 5.61. The highest BCUT2D eigenvalue weighted by molar-refractivity contribution is 7.13. The van der Waals surface area contributed by atoms with E-state index in [1.165, 1.54) is 23.5 Å². The summed E-state index contributed by atoms with van der Waals surface area (Å²) in [7, 11) is 0. The molecule has 0 saturated carbocycles. The third-order valence-electron chi connectivity index (χ3n) is 2.15. The summed E-state index contributed by atoms with van der Waals surface area (Å²) in [5.41, 5.74) is 6.95. The van der Waals surface area contributed by atoms with Crippen molar-refractivity contribution in [1.29, 1.82) is 0 Å². The number of alkyl halides is 2. The molecule has 0 amide bonds. The Morgan fingerprint density at radius 1 is 1.38 bits per heavy atom. The highest BCUT2D eigenvalue weighted by Gasteiger charge is 2.09. The smallest absolute Gasteiger partial charge is 0.263 e. The zero-order valence-corrected chi connectivity index (χ0v) is 9.18. The molecule has 0 aliphatic heterocycles. The summed E-state index contributed by atoms with van der Waals surface area (Å²) >= 11 is 1.41. The van der Waals surface area contributed by atoms with Gasteiger partial charge in [0.05, 0.1) is 5.69 Å². The van der Waals surface area contributed by atoms with Crippen LogP contribution in [-0.4, -0.2) is 4.98 Å². The Morgan fingerprint density at radius 2 is 2.19 bits per heavy atom. The number of nitrogens with zero attached hydrogens (tertiary/aromatic N) is 1. The molecule has 2 N–H and O–H groups in total. The Kier molecular flexibility index (Phi) is 3.26. The Balaban J connectivity index is 2.36. The quantitative estimate of drug-likeness (QED) is 0.894. The van der Waals surface area contributed by atoms with Gasteiger partial charge in [0.25, 0.3) is 6.43 Å². The Morgan fingerprint density at radius 3 is 2.81 bits per heavy atom. The van der Waals surface area contributed by atoms with Gasteiger partial charge in [0.15, 0.2) is 0 Å². The molecule has 0 aliphatic carbocycles. The zero-order chi connectivity index (χ0) is 11.5. The van der Waals surface area contributed by atoms with Crippen molar-refractivity contribution in [1.82, 2.24) is 4.98 Å². The molecule has 0 saturated heterocycles. The number of aromatic nitrogens is 1. The van der Waals surface area contributed by atoms with Crippen molar-refractivity contribution in [2.75, 3.05) is 0 Å². The first kappa shape index (κ1) is 11.2. The fraction of sp³-hybridized carbons (Fsp3) is 0.182. The number of hydrogen-bond donors (Lipinski definition) is 1. The lowest BCUT2D eigenvalue weighted by Gasteiger charge is -2.01. The number of rotatable bonds is 3. The Bertz CT molecular complexity index is 482. The van der Waals surface area contributed by atoms with E-state index in [1.54, 1.807) is 12.1 Å². The van der Waals surface area contributed by atoms with Crippen LogP contribution in [0, 0.1) is 0 Å². The minimum Gasteiger partial charge on any atom is -0.325 e. The van der Waals surface area contributed by atoms with Crippen LogP contribution in [0.1, 0.15) is 17.7 Å². The van der Waals surface area contributed by atoms with Crippen molar-refractivity contribution >= 4 is 11.3 Å². The molecule has 2 nitrogen and oxygen atoms in total. The van der Waals surface area contributed by atoms with Crippen LogP contribution in [0.15, 0.2) is 29.6 Å². The van der Waals surface area contributed by atoms with Crippen LogP contribution < -0.4 is 5.73 Å². The monoisotopic (exact) mass is 240 g/mol. The van der Waals surface area contributed by atoms with E-state index in [9.17, 15) is 8.78 Å². The van der Waals surface area contributed by atoms with Gasteiger partial charge in [-0.1, -0.05) is 18.2 Å². The van der Waals surface area contributed by atoms with E-state index >= 15 is 0 Å². The SMILES string of the molecule is NCc1csc(-c2cccc(C(F)F)c2)n1. The second-order valence-corrected chi connectivity index (χ2v) is 4.13. The number of thiazole rings is 1. The second-order valence-electron chi connectivity index (χ2n) is 3.27. The van der Waals surface area contributed by atoms with Crippen molar-refractivity contribution in [2.24, 2.45) is 5.73 Å². The summed E-state index contributed by atoms with van der Waals surface area (Å²) < 4.78 is 25.0. The largest absolute Gasteiger partial charge is 0.325 e. The third kappa shape index (κ3) is 2.25. The molecule has 84 valence electrons. The number of nitrogens with two attached hydrogens (primary N) is 1. The van der Waals surface area contributed by atoms with Gasteiger partial charge in [-0.15, -0.1) is 11.3 Å². The zero-order valence-electron chi connectivity index (χ0n) is 8.36. The van der Waals surface area contributed by atoms with E-state index in [2.05, 4.69) is 4.98 Å². The fourth-order valence-electron chi connectivity index (χ4n) is 1.34. The normalized spacial score (nSPS) is 11.0. The molecule has 0 atom stereocenters. The highest BCUT2D eigenvalue weighted by Crippen LogP contribution is 2.27. The molecular weight excluding hydrogens is 230 g/mol. The summed E-state index contributed by atoms with van der Waals surface area (Å²) in [6, 6.07) is 6.25. The topological polar surface area (TPSA) is 38.9 Å². The summed E-state index contributed by atoms with van der Waals surface area (Å²) in [6.45, 7) is 0.366. The molecular formula is C11H10F2N2S. The van der Waals surface area contributed by atoms with E-state index in [1.807, 2.05) is 5.38 Å². The van der Waals surface area contributed by atoms with Crippen molar-refractivity contribution in [3.8, 4) is 10.6 Å². The van der Waals surface area contributed by atoms with E-state index in [0.29, 0.717) is 12.1 Å². The lowest BCUT2D eigenvalue weighted by molar-refractivity contribution is 0.151. The molecule has 0 aliphatic rings. The van der Waals surface area contributed by atoms with Gasteiger partial charge >= 0.3 is 0 Å². The van der Waals surface area contributed by atoms with E-state index in [0.717, 1.165) is 10.7 Å². The van der Waals surface area contributed by atoms with Crippen molar-refractivity contribution in [3.05, 3.63) is 40.9 Å². The van der Waals surface area contributed by atoms with Crippen molar-refractivity contribution < 1.29 is 8.78 Å². The molecule has 0 fully saturated rings. The molecule has 0 bridgehead atoms. The number of hydrogen-bond acceptors (Lipinski definition) is 3. The third-order valence-corrected chi connectivity index (χ3v) is 3.09. The predicted octanol–water partition coefficient (Wildman–Crippen LogP) is 3.21. The first-order chi connectivity index (χ1) is 7.70. The standard InChI is InChI=1S/C11H10F2N2S/c12-10(13)7-2-1-3-8(4-7)11-15-9(5-14)6-16-11/h1-4,6,10H,5,14H2. The van der Waals surface area contributed by atoms with Crippen molar-refractivity contribution in [2.45, 2.75) is 13.0 Å². The summed E-state index contributed by atoms with van der Waals surface area (Å²) in [5.74, 6) is 0. The first-order valence-electron chi connectivity index (χ1n) is 4.73. The Hall–Kier alpha value is -1.33. The molecule has 2 aromatic rings. The highest BCUT2D eigenvalue weighted by atomic mass is 32.1. The van der Waals surface area contributed by atoms with Gasteiger partial charge in [0, 0.05) is 23.1 Å². The van der Waals surface area contributed by atoms with Crippen LogP contribution in [0.25, 0.3) is 10.6 Å². The van der Waals surface area contributed by atoms with E-state index in [4.69, 9.17) is 5.73 Å². The van der Waals surface area contributed by atoms with Gasteiger partial charge in [-0.05, 0) is 6.07 Å². The lowest BCUT2D eigenvalue weighted by Crippen LogP contribution is -1.95. The van der Waals surface area contributed by atoms with Gasteiger partial charge in [0.1, 0.15) is 5.01 Å². The lowest BCUT2D eigenvalue weighted by atomic mass is 10.1. The average Bonchev–Trinajstić information content (AvgIpc) is 2.77. The molecule has 0 spiro atoms. The number of halogens is 2. The molecule has 1 aromatic heterocycles. The van der Waals surface area contributed by atoms with Crippen LogP contribution in [-0.2, 0) is 6.54 Å². The Labute approximate surface area is 95.7 Å². The minimum absolute atomic E-state index is 0.0157. The molecule has 5 heteroatoms. The molecule has 16 heavy (non-hydrogen) atoms. The molecule has 0 radical (unpaired) electrons. The van der Waals surface area contributed by atoms with Crippen molar-refractivity contribution in [3.63, 3.8) is 0 Å². The maximum absolute atomic E-state index is 12.5. The molecule has 1 aromatic carbocycles. The van der Waals surface area contributed by atoms with Crippen LogP contribution in [0.2, 0.25) is 0 Å². The van der Waals surface area contributed by atoms with Crippen LogP contribution in [0.3, 0.4) is 0 Å². The maximum Gasteiger partial charge on any atom is 0.263 e. The fourth-order valence-corrected chi connectivity index (χ4v) is 2.17. The number of benzene rings is 1. The average molecular weight is 240 g/mol. The maximum atomic E-state index is 12.5. The van der Waals surface area contributed by atoms with E-state index in [-0.39, 0.29) is 5.56 Å².